The van der Waals surface area contributed by atoms with E-state index < -0.39 is 0 Å². The SMILES string of the molecule is CCCCc1ccc(-n2nc3cc(C)c(NC(=S)NC(=O)Cc4ccc(Cl)cc4)cc3n2)cc1. The van der Waals surface area contributed by atoms with Crippen LogP contribution in [0, 0.1) is 6.92 Å². The van der Waals surface area contributed by atoms with E-state index in [4.69, 9.17) is 23.8 Å². The molecule has 4 rings (SSSR count). The van der Waals surface area contributed by atoms with E-state index in [1.165, 1.54) is 18.4 Å². The van der Waals surface area contributed by atoms with Gasteiger partial charge in [0, 0.05) is 10.7 Å². The predicted molar refractivity (Wildman–Crippen MR) is 142 cm³/mol. The first kappa shape index (κ1) is 23.9. The van der Waals surface area contributed by atoms with Gasteiger partial charge in [-0.15, -0.1) is 10.2 Å². The standard InChI is InChI=1S/C26H26ClN5OS/c1-3-4-5-18-8-12-21(13-9-18)32-30-23-14-17(2)22(16-24(23)31-32)28-26(34)29-25(33)15-19-6-10-20(27)11-7-19/h6-14,16H,3-5,15H2,1-2H3,(H2,28,29,33,34). The average Bonchev–Trinajstić information content (AvgIpc) is 3.22. The van der Waals surface area contributed by atoms with E-state index in [9.17, 15) is 4.79 Å². The molecule has 1 aromatic heterocycles. The molecule has 0 fully saturated rings. The third-order valence-electron chi connectivity index (χ3n) is 5.49. The fourth-order valence-corrected chi connectivity index (χ4v) is 3.96. The van der Waals surface area contributed by atoms with Crippen molar-refractivity contribution in [2.75, 3.05) is 5.32 Å². The summed E-state index contributed by atoms with van der Waals surface area (Å²) >= 11 is 11.2. The fraction of sp³-hybridized carbons (Fsp3) is 0.231. The first-order valence-corrected chi connectivity index (χ1v) is 12.0. The zero-order chi connectivity index (χ0) is 24.1. The van der Waals surface area contributed by atoms with Crippen LogP contribution in [0.2, 0.25) is 5.02 Å². The predicted octanol–water partition coefficient (Wildman–Crippen LogP) is 5.78. The molecule has 1 amide bonds. The molecule has 6 nitrogen and oxygen atoms in total. The second kappa shape index (κ2) is 10.8. The molecule has 0 spiro atoms. The maximum absolute atomic E-state index is 12.3. The molecule has 0 saturated heterocycles. The van der Waals surface area contributed by atoms with Crippen LogP contribution in [0.15, 0.2) is 60.7 Å². The number of aryl methyl sites for hydroxylation is 2. The zero-order valence-corrected chi connectivity index (χ0v) is 20.7. The van der Waals surface area contributed by atoms with E-state index in [-0.39, 0.29) is 17.4 Å². The lowest BCUT2D eigenvalue weighted by atomic mass is 10.1. The Kier molecular flexibility index (Phi) is 7.55. The number of halogens is 1. The summed E-state index contributed by atoms with van der Waals surface area (Å²) in [5.74, 6) is -0.202. The highest BCUT2D eigenvalue weighted by atomic mass is 35.5. The highest BCUT2D eigenvalue weighted by molar-refractivity contribution is 7.80. The number of fused-ring (bicyclic) bond motifs is 1. The monoisotopic (exact) mass is 491 g/mol. The van der Waals surface area contributed by atoms with Gasteiger partial charge in [-0.05, 0) is 85.1 Å². The number of carbonyl (C=O) groups is 1. The second-order valence-corrected chi connectivity index (χ2v) is 9.07. The van der Waals surface area contributed by atoms with Crippen LogP contribution in [0.3, 0.4) is 0 Å². The lowest BCUT2D eigenvalue weighted by molar-refractivity contribution is -0.119. The summed E-state index contributed by atoms with van der Waals surface area (Å²) < 4.78 is 0. The summed E-state index contributed by atoms with van der Waals surface area (Å²) in [5.41, 5.74) is 6.33. The molecule has 0 aliphatic carbocycles. The molecular weight excluding hydrogens is 466 g/mol. The average molecular weight is 492 g/mol. The summed E-state index contributed by atoms with van der Waals surface area (Å²) in [6, 6.07) is 19.3. The summed E-state index contributed by atoms with van der Waals surface area (Å²) in [7, 11) is 0. The van der Waals surface area contributed by atoms with Gasteiger partial charge in [-0.2, -0.15) is 4.80 Å². The Hall–Kier alpha value is -3.29. The Morgan fingerprint density at radius 1 is 1.00 bits per heavy atom. The van der Waals surface area contributed by atoms with Gasteiger partial charge in [0.2, 0.25) is 5.91 Å². The smallest absolute Gasteiger partial charge is 0.230 e. The van der Waals surface area contributed by atoms with E-state index in [1.54, 1.807) is 16.9 Å². The molecule has 8 heteroatoms. The number of amides is 1. The Morgan fingerprint density at radius 3 is 2.32 bits per heavy atom. The largest absolute Gasteiger partial charge is 0.332 e. The van der Waals surface area contributed by atoms with Gasteiger partial charge >= 0.3 is 0 Å². The van der Waals surface area contributed by atoms with Crippen molar-refractivity contribution in [3.8, 4) is 5.69 Å². The van der Waals surface area contributed by atoms with E-state index in [2.05, 4.69) is 39.9 Å². The molecule has 2 N–H and O–H groups in total. The highest BCUT2D eigenvalue weighted by Crippen LogP contribution is 2.22. The van der Waals surface area contributed by atoms with Crippen LogP contribution in [-0.2, 0) is 17.6 Å². The van der Waals surface area contributed by atoms with Crippen molar-refractivity contribution in [2.45, 2.75) is 39.5 Å². The molecule has 1 heterocycles. The molecule has 0 saturated carbocycles. The van der Waals surface area contributed by atoms with E-state index >= 15 is 0 Å². The second-order valence-electron chi connectivity index (χ2n) is 8.22. The molecule has 34 heavy (non-hydrogen) atoms. The van der Waals surface area contributed by atoms with Crippen LogP contribution in [0.5, 0.6) is 0 Å². The Labute approximate surface area is 209 Å². The topological polar surface area (TPSA) is 71.8 Å². The van der Waals surface area contributed by atoms with Gasteiger partial charge in [-0.1, -0.05) is 49.2 Å². The Bertz CT molecular complexity index is 1320. The maximum Gasteiger partial charge on any atom is 0.230 e. The number of rotatable bonds is 7. The van der Waals surface area contributed by atoms with Crippen LogP contribution < -0.4 is 10.6 Å². The number of hydrogen-bond donors (Lipinski definition) is 2. The minimum atomic E-state index is -0.202. The molecule has 0 bridgehead atoms. The van der Waals surface area contributed by atoms with Gasteiger partial charge in [0.25, 0.3) is 0 Å². The molecule has 4 aromatic rings. The van der Waals surface area contributed by atoms with Gasteiger partial charge in [-0.25, -0.2) is 0 Å². The summed E-state index contributed by atoms with van der Waals surface area (Å²) in [6.45, 7) is 4.15. The number of hydrogen-bond acceptors (Lipinski definition) is 4. The fourth-order valence-electron chi connectivity index (χ4n) is 3.61. The quantitative estimate of drug-likeness (QED) is 0.320. The number of aromatic nitrogens is 3. The Morgan fingerprint density at radius 2 is 1.65 bits per heavy atom. The van der Waals surface area contributed by atoms with Gasteiger partial charge in [-0.3, -0.25) is 4.79 Å². The minimum absolute atomic E-state index is 0.202. The summed E-state index contributed by atoms with van der Waals surface area (Å²) in [5, 5.41) is 16.0. The molecule has 0 aliphatic rings. The molecule has 0 aliphatic heterocycles. The van der Waals surface area contributed by atoms with Gasteiger partial charge in [0.1, 0.15) is 11.0 Å². The van der Waals surface area contributed by atoms with E-state index in [1.807, 2.05) is 43.3 Å². The maximum atomic E-state index is 12.3. The van der Waals surface area contributed by atoms with Crippen LogP contribution in [-0.4, -0.2) is 26.0 Å². The number of benzene rings is 3. The Balaban J connectivity index is 1.43. The summed E-state index contributed by atoms with van der Waals surface area (Å²) in [4.78, 5) is 14.0. The van der Waals surface area contributed by atoms with Crippen molar-refractivity contribution < 1.29 is 4.79 Å². The van der Waals surface area contributed by atoms with Crippen LogP contribution in [0.1, 0.15) is 36.5 Å². The third kappa shape index (κ3) is 5.98. The van der Waals surface area contributed by atoms with Crippen molar-refractivity contribution in [3.05, 3.63) is 82.4 Å². The van der Waals surface area contributed by atoms with Crippen molar-refractivity contribution in [1.29, 1.82) is 0 Å². The van der Waals surface area contributed by atoms with E-state index in [0.717, 1.165) is 40.0 Å². The van der Waals surface area contributed by atoms with E-state index in [0.29, 0.717) is 5.02 Å². The molecule has 3 aromatic carbocycles. The molecular formula is C26H26ClN5OS. The molecule has 174 valence electrons. The first-order valence-electron chi connectivity index (χ1n) is 11.2. The number of unbranched alkanes of at least 4 members (excludes halogenated alkanes) is 1. The number of anilines is 1. The van der Waals surface area contributed by atoms with Crippen molar-refractivity contribution in [1.82, 2.24) is 20.3 Å². The molecule has 0 radical (unpaired) electrons. The lowest BCUT2D eigenvalue weighted by Gasteiger charge is -2.11. The van der Waals surface area contributed by atoms with Crippen molar-refractivity contribution in [2.24, 2.45) is 0 Å². The molecule has 0 atom stereocenters. The number of nitrogens with one attached hydrogen (secondary N) is 2. The van der Waals surface area contributed by atoms with Gasteiger partial charge < -0.3 is 10.6 Å². The van der Waals surface area contributed by atoms with Crippen LogP contribution >= 0.6 is 23.8 Å². The van der Waals surface area contributed by atoms with Crippen molar-refractivity contribution in [3.63, 3.8) is 0 Å². The zero-order valence-electron chi connectivity index (χ0n) is 19.1. The van der Waals surface area contributed by atoms with Gasteiger partial charge in [0.05, 0.1) is 12.1 Å². The van der Waals surface area contributed by atoms with Crippen LogP contribution in [0.4, 0.5) is 5.69 Å². The number of carbonyl (C=O) groups excluding carboxylic acids is 1. The third-order valence-corrected chi connectivity index (χ3v) is 5.95. The van der Waals surface area contributed by atoms with Crippen molar-refractivity contribution >= 4 is 51.6 Å². The minimum Gasteiger partial charge on any atom is -0.332 e. The number of nitrogens with zero attached hydrogens (tertiary/aromatic N) is 3. The summed E-state index contributed by atoms with van der Waals surface area (Å²) in [6.07, 6.45) is 3.65. The van der Waals surface area contributed by atoms with Crippen LogP contribution in [0.25, 0.3) is 16.7 Å². The number of thiocarbonyl (C=S) groups is 1. The van der Waals surface area contributed by atoms with Gasteiger partial charge in [0.15, 0.2) is 5.11 Å². The first-order chi connectivity index (χ1) is 16.4. The lowest BCUT2D eigenvalue weighted by Crippen LogP contribution is -2.35. The normalized spacial score (nSPS) is 10.9. The molecule has 0 unspecified atom stereocenters. The highest BCUT2D eigenvalue weighted by Gasteiger charge is 2.11.